The van der Waals surface area contributed by atoms with E-state index in [1.54, 1.807) is 0 Å². The third-order valence-electron chi connectivity index (χ3n) is 5.63. The maximum absolute atomic E-state index is 12.4. The van der Waals surface area contributed by atoms with Gasteiger partial charge >= 0.3 is 11.9 Å². The number of unbranched alkanes of at least 4 members (excludes halogenated alkanes) is 5. The van der Waals surface area contributed by atoms with Gasteiger partial charge in [-0.05, 0) is 50.2 Å². The zero-order valence-corrected chi connectivity index (χ0v) is 20.5. The highest BCUT2D eigenvalue weighted by Crippen LogP contribution is 2.39. The summed E-state index contributed by atoms with van der Waals surface area (Å²) in [6, 6.07) is 6.18. The van der Waals surface area contributed by atoms with Crippen LogP contribution in [0, 0.1) is 6.92 Å². The van der Waals surface area contributed by atoms with E-state index in [1.807, 2.05) is 32.9 Å². The minimum absolute atomic E-state index is 0.117. The Morgan fingerprint density at radius 2 is 1.32 bits per heavy atom. The molecule has 1 aliphatic carbocycles. The van der Waals surface area contributed by atoms with Crippen LogP contribution in [0.25, 0.3) is 0 Å². The first-order valence-electron chi connectivity index (χ1n) is 12.5. The molecule has 4 nitrogen and oxygen atoms in total. The third kappa shape index (κ3) is 9.88. The first-order valence-corrected chi connectivity index (χ1v) is 12.5. The first-order chi connectivity index (χ1) is 15.0. The number of ether oxygens (including phenoxy) is 2. The summed E-state index contributed by atoms with van der Waals surface area (Å²) >= 11 is 0. The van der Waals surface area contributed by atoms with E-state index >= 15 is 0 Å². The van der Waals surface area contributed by atoms with E-state index in [0.29, 0.717) is 12.8 Å². The molecule has 2 unspecified atom stereocenters. The number of hydrogen-bond donors (Lipinski definition) is 0. The number of carbonyl (C=O) groups excluding carboxylic acids is 2. The van der Waals surface area contributed by atoms with Gasteiger partial charge in [0.25, 0.3) is 0 Å². The lowest BCUT2D eigenvalue weighted by Crippen LogP contribution is -2.14. The number of rotatable bonds is 11. The monoisotopic (exact) mass is 432 g/mol. The molecule has 4 heteroatoms. The lowest BCUT2D eigenvalue weighted by molar-refractivity contribution is -0.151. The molecular formula is C27H44O4. The molecule has 0 heterocycles. The second kappa shape index (κ2) is 15.9. The van der Waals surface area contributed by atoms with E-state index in [0.717, 1.165) is 80.9 Å². The van der Waals surface area contributed by atoms with Gasteiger partial charge in [-0.2, -0.15) is 0 Å². The van der Waals surface area contributed by atoms with Crippen LogP contribution >= 0.6 is 0 Å². The molecular weight excluding hydrogens is 388 g/mol. The van der Waals surface area contributed by atoms with Crippen molar-refractivity contribution in [2.45, 2.75) is 124 Å². The van der Waals surface area contributed by atoms with E-state index in [9.17, 15) is 9.59 Å². The average Bonchev–Trinajstić information content (AvgIpc) is 2.92. The van der Waals surface area contributed by atoms with E-state index in [-0.39, 0.29) is 24.1 Å². The van der Waals surface area contributed by atoms with E-state index in [2.05, 4.69) is 19.9 Å². The van der Waals surface area contributed by atoms with E-state index in [1.165, 1.54) is 0 Å². The SMILES string of the molecule is CC.CCCCCCC(=O)OC1CCCC(OC(=O)CCCCC)c2ccc(C)cc21. The summed E-state index contributed by atoms with van der Waals surface area (Å²) in [5.41, 5.74) is 3.14. The van der Waals surface area contributed by atoms with Gasteiger partial charge < -0.3 is 9.47 Å². The van der Waals surface area contributed by atoms with Crippen LogP contribution in [-0.2, 0) is 19.1 Å². The molecule has 1 aromatic rings. The predicted octanol–water partition coefficient (Wildman–Crippen LogP) is 7.92. The molecule has 0 fully saturated rings. The topological polar surface area (TPSA) is 52.6 Å². The summed E-state index contributed by atoms with van der Waals surface area (Å²) in [7, 11) is 0. The Kier molecular flexibility index (Phi) is 13.9. The molecule has 0 saturated carbocycles. The van der Waals surface area contributed by atoms with Gasteiger partial charge in [-0.3, -0.25) is 9.59 Å². The average molecular weight is 433 g/mol. The second-order valence-electron chi connectivity index (χ2n) is 8.29. The standard InChI is InChI=1S/C25H38O4.C2H6/c1-4-6-8-10-15-25(27)29-23-13-11-12-22(28-24(26)14-9-7-5-2)20-17-16-19(3)18-21(20)23;1-2/h16-18,22-23H,4-15H2,1-3H3;1-2H3. The highest BCUT2D eigenvalue weighted by molar-refractivity contribution is 5.70. The summed E-state index contributed by atoms with van der Waals surface area (Å²) in [6.45, 7) is 10.3. The molecule has 0 amide bonds. The van der Waals surface area contributed by atoms with Gasteiger partial charge in [-0.15, -0.1) is 0 Å². The molecule has 0 spiro atoms. The van der Waals surface area contributed by atoms with Crippen LogP contribution in [0.5, 0.6) is 0 Å². The first kappa shape index (κ1) is 27.2. The van der Waals surface area contributed by atoms with Gasteiger partial charge in [0, 0.05) is 12.8 Å². The van der Waals surface area contributed by atoms with Crippen molar-refractivity contribution in [2.75, 3.05) is 0 Å². The van der Waals surface area contributed by atoms with Crippen molar-refractivity contribution in [1.82, 2.24) is 0 Å². The van der Waals surface area contributed by atoms with Crippen molar-refractivity contribution >= 4 is 11.9 Å². The van der Waals surface area contributed by atoms with Crippen LogP contribution in [0.1, 0.15) is 134 Å². The predicted molar refractivity (Wildman–Crippen MR) is 127 cm³/mol. The Labute approximate surface area is 190 Å². The maximum atomic E-state index is 12.4. The molecule has 0 aromatic heterocycles. The summed E-state index contributed by atoms with van der Waals surface area (Å²) < 4.78 is 11.7. The van der Waals surface area contributed by atoms with Crippen LogP contribution in [0.4, 0.5) is 0 Å². The zero-order valence-electron chi connectivity index (χ0n) is 20.5. The molecule has 0 saturated heterocycles. The van der Waals surface area contributed by atoms with Gasteiger partial charge in [0.15, 0.2) is 0 Å². The lowest BCUT2D eigenvalue weighted by atomic mass is 9.97. The largest absolute Gasteiger partial charge is 0.457 e. The van der Waals surface area contributed by atoms with E-state index in [4.69, 9.17) is 9.47 Å². The summed E-state index contributed by atoms with van der Waals surface area (Å²) in [4.78, 5) is 24.7. The molecule has 0 bridgehead atoms. The molecule has 2 rings (SSSR count). The minimum Gasteiger partial charge on any atom is -0.457 e. The molecule has 0 radical (unpaired) electrons. The summed E-state index contributed by atoms with van der Waals surface area (Å²) in [5, 5.41) is 0. The molecule has 0 aliphatic heterocycles. The fourth-order valence-electron chi connectivity index (χ4n) is 3.96. The van der Waals surface area contributed by atoms with Crippen molar-refractivity contribution in [3.05, 3.63) is 34.9 Å². The van der Waals surface area contributed by atoms with Crippen molar-refractivity contribution < 1.29 is 19.1 Å². The second-order valence-corrected chi connectivity index (χ2v) is 8.29. The summed E-state index contributed by atoms with van der Waals surface area (Å²) in [6.07, 6.45) is 10.2. The van der Waals surface area contributed by atoms with Crippen LogP contribution in [-0.4, -0.2) is 11.9 Å². The van der Waals surface area contributed by atoms with Crippen molar-refractivity contribution in [3.8, 4) is 0 Å². The quantitative estimate of drug-likeness (QED) is 0.202. The molecule has 0 N–H and O–H groups in total. The van der Waals surface area contributed by atoms with Gasteiger partial charge in [0.2, 0.25) is 0 Å². The lowest BCUT2D eigenvalue weighted by Gasteiger charge is -2.22. The van der Waals surface area contributed by atoms with Crippen LogP contribution in [0.15, 0.2) is 18.2 Å². The number of esters is 2. The highest BCUT2D eigenvalue weighted by Gasteiger charge is 2.29. The number of fused-ring (bicyclic) bond motifs is 1. The molecule has 2 atom stereocenters. The number of hydrogen-bond acceptors (Lipinski definition) is 4. The smallest absolute Gasteiger partial charge is 0.306 e. The molecule has 31 heavy (non-hydrogen) atoms. The fourth-order valence-corrected chi connectivity index (χ4v) is 3.96. The summed E-state index contributed by atoms with van der Waals surface area (Å²) in [5.74, 6) is -0.241. The minimum atomic E-state index is -0.243. The fraction of sp³-hybridized carbons (Fsp3) is 0.704. The Balaban J connectivity index is 0.00000233. The van der Waals surface area contributed by atoms with Crippen molar-refractivity contribution in [2.24, 2.45) is 0 Å². The van der Waals surface area contributed by atoms with Crippen LogP contribution in [0.2, 0.25) is 0 Å². The molecule has 176 valence electrons. The third-order valence-corrected chi connectivity index (χ3v) is 5.63. The Hall–Kier alpha value is -1.84. The van der Waals surface area contributed by atoms with Crippen molar-refractivity contribution in [1.29, 1.82) is 0 Å². The number of benzene rings is 1. The van der Waals surface area contributed by atoms with Gasteiger partial charge in [0.1, 0.15) is 12.2 Å². The van der Waals surface area contributed by atoms with Gasteiger partial charge in [-0.25, -0.2) is 0 Å². The Bertz CT molecular complexity index is 653. The Morgan fingerprint density at radius 1 is 0.806 bits per heavy atom. The number of carbonyl (C=O) groups is 2. The van der Waals surface area contributed by atoms with Gasteiger partial charge in [0.05, 0.1) is 0 Å². The van der Waals surface area contributed by atoms with E-state index < -0.39 is 0 Å². The highest BCUT2D eigenvalue weighted by atomic mass is 16.5. The number of aryl methyl sites for hydroxylation is 1. The Morgan fingerprint density at radius 3 is 1.90 bits per heavy atom. The zero-order chi connectivity index (χ0) is 23.1. The molecule has 1 aromatic carbocycles. The van der Waals surface area contributed by atoms with Gasteiger partial charge in [-0.1, -0.05) is 83.6 Å². The normalized spacial score (nSPS) is 17.6. The van der Waals surface area contributed by atoms with Crippen LogP contribution < -0.4 is 0 Å². The van der Waals surface area contributed by atoms with Crippen LogP contribution in [0.3, 0.4) is 0 Å². The molecule has 1 aliphatic rings. The maximum Gasteiger partial charge on any atom is 0.306 e. The van der Waals surface area contributed by atoms with Crippen molar-refractivity contribution in [3.63, 3.8) is 0 Å².